The van der Waals surface area contributed by atoms with Gasteiger partial charge in [-0.05, 0) is 26.9 Å². The van der Waals surface area contributed by atoms with Crippen LogP contribution < -0.4 is 11.1 Å². The molecule has 4 heteroatoms. The highest BCUT2D eigenvalue weighted by Crippen LogP contribution is 2.25. The maximum absolute atomic E-state index is 11.4. The Morgan fingerprint density at radius 2 is 2.15 bits per heavy atom. The molecule has 1 aliphatic carbocycles. The summed E-state index contributed by atoms with van der Waals surface area (Å²) in [7, 11) is 3.98. The van der Waals surface area contributed by atoms with Crippen LogP contribution in [0.1, 0.15) is 12.8 Å². The Labute approximate surface area is 79.5 Å². The van der Waals surface area contributed by atoms with Crippen molar-refractivity contribution < 1.29 is 4.79 Å². The molecule has 0 atom stereocenters. The Hall–Kier alpha value is -0.610. The van der Waals surface area contributed by atoms with E-state index in [1.165, 1.54) is 0 Å². The summed E-state index contributed by atoms with van der Waals surface area (Å²) in [6.45, 7) is 1.63. The Morgan fingerprint density at radius 1 is 1.54 bits per heavy atom. The fourth-order valence-corrected chi connectivity index (χ4v) is 1.42. The second-order valence-corrected chi connectivity index (χ2v) is 4.02. The third-order valence-electron chi connectivity index (χ3n) is 2.40. The summed E-state index contributed by atoms with van der Waals surface area (Å²) < 4.78 is 0. The van der Waals surface area contributed by atoms with Crippen LogP contribution in [0, 0.1) is 5.92 Å². The molecule has 0 bridgehead atoms. The lowest BCUT2D eigenvalue weighted by molar-refractivity contribution is -0.127. The molecule has 1 fully saturated rings. The standard InChI is InChI=1S/C9H19N3O/c1-12(2)4-3-11-9(13)7-5-8(10)6-7/h7-8H,3-6,10H2,1-2H3,(H,11,13). The first-order chi connectivity index (χ1) is 6.09. The molecule has 1 aliphatic rings. The molecule has 0 saturated heterocycles. The van der Waals surface area contributed by atoms with Gasteiger partial charge < -0.3 is 16.0 Å². The van der Waals surface area contributed by atoms with Crippen molar-refractivity contribution >= 4 is 5.91 Å². The van der Waals surface area contributed by atoms with Gasteiger partial charge in [0.2, 0.25) is 5.91 Å². The number of hydrogen-bond acceptors (Lipinski definition) is 3. The highest BCUT2D eigenvalue weighted by molar-refractivity contribution is 5.79. The Balaban J connectivity index is 2.05. The second kappa shape index (κ2) is 4.58. The minimum atomic E-state index is 0.170. The predicted molar refractivity (Wildman–Crippen MR) is 52.3 cm³/mol. The Morgan fingerprint density at radius 3 is 2.62 bits per heavy atom. The molecule has 0 aliphatic heterocycles. The molecule has 1 amide bonds. The van der Waals surface area contributed by atoms with E-state index in [0.717, 1.165) is 25.9 Å². The van der Waals surface area contributed by atoms with Gasteiger partial charge in [0.1, 0.15) is 0 Å². The summed E-state index contributed by atoms with van der Waals surface area (Å²) in [4.78, 5) is 13.4. The van der Waals surface area contributed by atoms with Gasteiger partial charge in [-0.2, -0.15) is 0 Å². The van der Waals surface area contributed by atoms with Gasteiger partial charge >= 0.3 is 0 Å². The van der Waals surface area contributed by atoms with Gasteiger partial charge in [0.15, 0.2) is 0 Å². The van der Waals surface area contributed by atoms with Crippen LogP contribution in [-0.2, 0) is 4.79 Å². The molecule has 76 valence electrons. The van der Waals surface area contributed by atoms with Gasteiger partial charge in [-0.3, -0.25) is 4.79 Å². The number of nitrogens with zero attached hydrogens (tertiary/aromatic N) is 1. The first kappa shape index (κ1) is 10.5. The molecule has 0 aromatic carbocycles. The summed E-state index contributed by atoms with van der Waals surface area (Å²) in [6.07, 6.45) is 1.71. The second-order valence-electron chi connectivity index (χ2n) is 4.02. The number of nitrogens with one attached hydrogen (secondary N) is 1. The summed E-state index contributed by atoms with van der Waals surface area (Å²) >= 11 is 0. The Kier molecular flexibility index (Phi) is 3.69. The molecule has 3 N–H and O–H groups in total. The van der Waals surface area contributed by atoms with E-state index in [2.05, 4.69) is 5.32 Å². The molecular weight excluding hydrogens is 166 g/mol. The van der Waals surface area contributed by atoms with Crippen LogP contribution >= 0.6 is 0 Å². The number of nitrogens with two attached hydrogens (primary N) is 1. The van der Waals surface area contributed by atoms with Crippen molar-refractivity contribution in [2.75, 3.05) is 27.2 Å². The fourth-order valence-electron chi connectivity index (χ4n) is 1.42. The van der Waals surface area contributed by atoms with E-state index in [0.29, 0.717) is 0 Å². The van der Waals surface area contributed by atoms with Crippen LogP contribution in [0.3, 0.4) is 0 Å². The van der Waals surface area contributed by atoms with Crippen molar-refractivity contribution in [2.24, 2.45) is 11.7 Å². The highest BCUT2D eigenvalue weighted by Gasteiger charge is 2.31. The maximum Gasteiger partial charge on any atom is 0.223 e. The summed E-state index contributed by atoms with van der Waals surface area (Å²) in [5.41, 5.74) is 5.60. The number of likely N-dealkylation sites (N-methyl/N-ethyl adjacent to an activating group) is 1. The van der Waals surface area contributed by atoms with Gasteiger partial charge in [0, 0.05) is 25.0 Å². The third kappa shape index (κ3) is 3.32. The molecule has 0 heterocycles. The van der Waals surface area contributed by atoms with Crippen LogP contribution in [0.2, 0.25) is 0 Å². The van der Waals surface area contributed by atoms with Crippen LogP contribution in [-0.4, -0.2) is 44.0 Å². The summed E-state index contributed by atoms with van der Waals surface area (Å²) in [6, 6.07) is 0.254. The first-order valence-electron chi connectivity index (χ1n) is 4.77. The van der Waals surface area contributed by atoms with Crippen molar-refractivity contribution in [2.45, 2.75) is 18.9 Å². The Bertz CT molecular complexity index is 176. The zero-order valence-corrected chi connectivity index (χ0v) is 8.42. The lowest BCUT2D eigenvalue weighted by Crippen LogP contribution is -2.46. The normalized spacial score (nSPS) is 27.1. The van der Waals surface area contributed by atoms with E-state index >= 15 is 0 Å². The SMILES string of the molecule is CN(C)CCNC(=O)C1CC(N)C1. The van der Waals surface area contributed by atoms with Crippen molar-refractivity contribution in [1.82, 2.24) is 10.2 Å². The van der Waals surface area contributed by atoms with Gasteiger partial charge in [0.05, 0.1) is 0 Å². The van der Waals surface area contributed by atoms with Crippen LogP contribution in [0.15, 0.2) is 0 Å². The predicted octanol–water partition coefficient (Wildman–Crippen LogP) is -0.598. The molecule has 0 radical (unpaired) electrons. The van der Waals surface area contributed by atoms with Crippen LogP contribution in [0.25, 0.3) is 0 Å². The molecule has 4 nitrogen and oxygen atoms in total. The van der Waals surface area contributed by atoms with Crippen LogP contribution in [0.5, 0.6) is 0 Å². The van der Waals surface area contributed by atoms with Gasteiger partial charge in [-0.1, -0.05) is 0 Å². The number of hydrogen-bond donors (Lipinski definition) is 2. The third-order valence-corrected chi connectivity index (χ3v) is 2.40. The molecule has 0 aromatic heterocycles. The zero-order valence-electron chi connectivity index (χ0n) is 8.42. The lowest BCUT2D eigenvalue weighted by Gasteiger charge is -2.31. The monoisotopic (exact) mass is 185 g/mol. The van der Waals surface area contributed by atoms with Crippen molar-refractivity contribution in [3.8, 4) is 0 Å². The van der Waals surface area contributed by atoms with Gasteiger partial charge in [-0.15, -0.1) is 0 Å². The molecular formula is C9H19N3O. The molecule has 0 aromatic rings. The van der Waals surface area contributed by atoms with Crippen molar-refractivity contribution in [1.29, 1.82) is 0 Å². The van der Waals surface area contributed by atoms with E-state index in [1.807, 2.05) is 19.0 Å². The molecule has 1 rings (SSSR count). The topological polar surface area (TPSA) is 58.4 Å². The summed E-state index contributed by atoms with van der Waals surface area (Å²) in [5, 5.41) is 2.90. The minimum Gasteiger partial charge on any atom is -0.355 e. The van der Waals surface area contributed by atoms with Gasteiger partial charge in [0.25, 0.3) is 0 Å². The highest BCUT2D eigenvalue weighted by atomic mass is 16.1. The molecule has 0 unspecified atom stereocenters. The average Bonchev–Trinajstić information content (AvgIpc) is 1.97. The van der Waals surface area contributed by atoms with Crippen molar-refractivity contribution in [3.05, 3.63) is 0 Å². The maximum atomic E-state index is 11.4. The van der Waals surface area contributed by atoms with E-state index in [-0.39, 0.29) is 17.9 Å². The molecule has 0 spiro atoms. The van der Waals surface area contributed by atoms with E-state index in [4.69, 9.17) is 5.73 Å². The van der Waals surface area contributed by atoms with Gasteiger partial charge in [-0.25, -0.2) is 0 Å². The van der Waals surface area contributed by atoms with E-state index < -0.39 is 0 Å². The smallest absolute Gasteiger partial charge is 0.223 e. The fraction of sp³-hybridized carbons (Fsp3) is 0.889. The minimum absolute atomic E-state index is 0.170. The number of rotatable bonds is 4. The largest absolute Gasteiger partial charge is 0.355 e. The number of carbonyl (C=O) groups is 1. The molecule has 1 saturated carbocycles. The zero-order chi connectivity index (χ0) is 9.84. The van der Waals surface area contributed by atoms with Crippen molar-refractivity contribution in [3.63, 3.8) is 0 Å². The van der Waals surface area contributed by atoms with E-state index in [1.54, 1.807) is 0 Å². The van der Waals surface area contributed by atoms with E-state index in [9.17, 15) is 4.79 Å². The number of carbonyl (C=O) groups excluding carboxylic acids is 1. The molecule has 13 heavy (non-hydrogen) atoms. The average molecular weight is 185 g/mol. The first-order valence-corrected chi connectivity index (χ1v) is 4.77. The lowest BCUT2D eigenvalue weighted by atomic mass is 9.80. The quantitative estimate of drug-likeness (QED) is 0.615. The number of amides is 1. The summed E-state index contributed by atoms with van der Waals surface area (Å²) in [5.74, 6) is 0.348. The van der Waals surface area contributed by atoms with Crippen LogP contribution in [0.4, 0.5) is 0 Å².